The van der Waals surface area contributed by atoms with Crippen LogP contribution in [0.4, 0.5) is 11.4 Å². The Morgan fingerprint density at radius 2 is 1.16 bits per heavy atom. The fraction of sp³-hybridized carbons (Fsp3) is 0.222. The van der Waals surface area contributed by atoms with Crippen LogP contribution in [0.2, 0.25) is 0 Å². The number of hydrogen-bond donors (Lipinski definition) is 3. The van der Waals surface area contributed by atoms with E-state index < -0.39 is 36.8 Å². The van der Waals surface area contributed by atoms with E-state index in [0.29, 0.717) is 16.8 Å². The third-order valence-electron chi connectivity index (χ3n) is 3.45. The van der Waals surface area contributed by atoms with Gasteiger partial charge in [0.05, 0.1) is 30.3 Å². The molecule has 2 aromatic carbocycles. The fourth-order valence-corrected chi connectivity index (χ4v) is 3.20. The molecule has 32 heavy (non-hydrogen) atoms. The summed E-state index contributed by atoms with van der Waals surface area (Å²) in [6.07, 6.45) is 1.69. The van der Waals surface area contributed by atoms with Crippen LogP contribution in [0.5, 0.6) is 0 Å². The zero-order valence-electron chi connectivity index (χ0n) is 17.1. The second-order valence-electron chi connectivity index (χ2n) is 6.61. The van der Waals surface area contributed by atoms with Gasteiger partial charge in [0.25, 0.3) is 5.69 Å². The predicted molar refractivity (Wildman–Crippen MR) is 117 cm³/mol. The zero-order valence-corrected chi connectivity index (χ0v) is 18.8. The number of nitrogen functional groups attached to an aromatic ring is 1. The summed E-state index contributed by atoms with van der Waals surface area (Å²) in [5.41, 5.74) is 7.19. The van der Waals surface area contributed by atoms with Gasteiger partial charge >= 0.3 is 0 Å². The molecule has 0 fully saturated rings. The number of nitrogens with zero attached hydrogens (tertiary/aromatic N) is 1. The van der Waals surface area contributed by atoms with Crippen molar-refractivity contribution in [1.29, 1.82) is 0 Å². The van der Waals surface area contributed by atoms with Crippen LogP contribution in [0.1, 0.15) is 11.1 Å². The standard InChI is InChI=1S/C9H10N2O5S.C9H12N2O3S/c1-17(15,16)10-9(12)6-7-2-4-8(5-3-7)11(13)14;1-15(13,14)11-9(12)6-7-2-4-8(10)5-3-7/h2-5H,6H2,1H3,(H,10,12);2-5H,6,10H2,1H3,(H,11,12). The van der Waals surface area contributed by atoms with Gasteiger partial charge in [-0.15, -0.1) is 0 Å². The summed E-state index contributed by atoms with van der Waals surface area (Å²) in [5, 5.41) is 10.4. The van der Waals surface area contributed by atoms with Crippen LogP contribution >= 0.6 is 0 Å². The smallest absolute Gasteiger partial charge is 0.269 e. The average molecular weight is 487 g/mol. The topological polar surface area (TPSA) is 196 Å². The van der Waals surface area contributed by atoms with E-state index in [1.807, 2.05) is 4.72 Å². The minimum Gasteiger partial charge on any atom is -0.399 e. The quantitative estimate of drug-likeness (QED) is 0.276. The molecule has 0 aliphatic heterocycles. The summed E-state index contributed by atoms with van der Waals surface area (Å²) >= 11 is 0. The van der Waals surface area contributed by atoms with Gasteiger partial charge in [0.15, 0.2) is 0 Å². The van der Waals surface area contributed by atoms with E-state index in [0.717, 1.165) is 12.5 Å². The molecule has 0 unspecified atom stereocenters. The van der Waals surface area contributed by atoms with E-state index in [1.54, 1.807) is 29.0 Å². The number of amides is 2. The van der Waals surface area contributed by atoms with Gasteiger partial charge in [-0.2, -0.15) is 0 Å². The predicted octanol–water partition coefficient (Wildman–Crippen LogP) is 0.100. The van der Waals surface area contributed by atoms with Crippen LogP contribution in [-0.2, 0) is 42.5 Å². The van der Waals surface area contributed by atoms with Crippen LogP contribution < -0.4 is 15.2 Å². The van der Waals surface area contributed by atoms with Gasteiger partial charge < -0.3 is 5.73 Å². The SMILES string of the molecule is CS(=O)(=O)NC(=O)Cc1ccc(N)cc1.CS(=O)(=O)NC(=O)Cc1ccc([N+](=O)[O-])cc1. The Hall–Kier alpha value is -3.52. The monoisotopic (exact) mass is 486 g/mol. The number of sulfonamides is 2. The van der Waals surface area contributed by atoms with Crippen molar-refractivity contribution in [2.45, 2.75) is 12.8 Å². The number of nitro groups is 1. The summed E-state index contributed by atoms with van der Waals surface area (Å²) in [7, 11) is -7.05. The maximum Gasteiger partial charge on any atom is 0.269 e. The molecule has 0 aliphatic carbocycles. The lowest BCUT2D eigenvalue weighted by atomic mass is 10.1. The van der Waals surface area contributed by atoms with E-state index in [-0.39, 0.29) is 18.5 Å². The van der Waals surface area contributed by atoms with Crippen molar-refractivity contribution in [2.24, 2.45) is 0 Å². The lowest BCUT2D eigenvalue weighted by molar-refractivity contribution is -0.384. The molecule has 0 radical (unpaired) electrons. The Balaban J connectivity index is 0.000000323. The highest BCUT2D eigenvalue weighted by molar-refractivity contribution is 7.89. The maximum absolute atomic E-state index is 11.2. The summed E-state index contributed by atoms with van der Waals surface area (Å²) in [6.45, 7) is 0. The van der Waals surface area contributed by atoms with Crippen molar-refractivity contribution in [3.05, 3.63) is 69.8 Å². The number of carbonyl (C=O) groups excluding carboxylic acids is 2. The molecule has 0 bridgehead atoms. The van der Waals surface area contributed by atoms with Crippen LogP contribution in [0.3, 0.4) is 0 Å². The molecule has 2 amide bonds. The number of hydrogen-bond acceptors (Lipinski definition) is 9. The third-order valence-corrected chi connectivity index (χ3v) is 4.65. The van der Waals surface area contributed by atoms with E-state index in [9.17, 15) is 36.5 Å². The van der Waals surface area contributed by atoms with Gasteiger partial charge in [0.1, 0.15) is 0 Å². The van der Waals surface area contributed by atoms with Gasteiger partial charge in [-0.1, -0.05) is 24.3 Å². The molecule has 0 atom stereocenters. The van der Waals surface area contributed by atoms with Crippen LogP contribution in [0.25, 0.3) is 0 Å². The van der Waals surface area contributed by atoms with Crippen molar-refractivity contribution >= 4 is 43.2 Å². The molecule has 14 heteroatoms. The molecule has 0 aliphatic rings. The number of benzene rings is 2. The number of nitro benzene ring substituents is 1. The molecule has 0 saturated heterocycles. The Bertz CT molecular complexity index is 1180. The lowest BCUT2D eigenvalue weighted by Crippen LogP contribution is -2.30. The molecular formula is C18H22N4O8S2. The average Bonchev–Trinajstić information content (AvgIpc) is 2.61. The van der Waals surface area contributed by atoms with E-state index >= 15 is 0 Å². The van der Waals surface area contributed by atoms with Gasteiger partial charge in [0, 0.05) is 17.8 Å². The molecule has 2 aromatic rings. The number of non-ortho nitro benzene ring substituents is 1. The van der Waals surface area contributed by atoms with E-state index in [2.05, 4.69) is 0 Å². The molecule has 0 heterocycles. The molecule has 0 saturated carbocycles. The van der Waals surface area contributed by atoms with Crippen LogP contribution in [0.15, 0.2) is 48.5 Å². The van der Waals surface area contributed by atoms with Gasteiger partial charge in [-0.25, -0.2) is 16.8 Å². The minimum absolute atomic E-state index is 0.0212. The Morgan fingerprint density at radius 3 is 1.47 bits per heavy atom. The highest BCUT2D eigenvalue weighted by atomic mass is 32.2. The van der Waals surface area contributed by atoms with Crippen molar-refractivity contribution in [2.75, 3.05) is 18.2 Å². The van der Waals surface area contributed by atoms with Crippen molar-refractivity contribution in [3.63, 3.8) is 0 Å². The largest absolute Gasteiger partial charge is 0.399 e. The Labute approximate surface area is 185 Å². The highest BCUT2D eigenvalue weighted by Crippen LogP contribution is 2.12. The van der Waals surface area contributed by atoms with Gasteiger partial charge in [-0.05, 0) is 23.3 Å². The number of nitrogens with two attached hydrogens (primary N) is 1. The van der Waals surface area contributed by atoms with Crippen molar-refractivity contribution < 1.29 is 31.3 Å². The first kappa shape index (κ1) is 26.5. The first-order valence-corrected chi connectivity index (χ1v) is 12.5. The van der Waals surface area contributed by atoms with Crippen LogP contribution in [-0.4, -0.2) is 46.1 Å². The van der Waals surface area contributed by atoms with E-state index in [4.69, 9.17) is 5.73 Å². The number of carbonyl (C=O) groups is 2. The first-order chi connectivity index (χ1) is 14.6. The van der Waals surface area contributed by atoms with Gasteiger partial charge in [0.2, 0.25) is 31.9 Å². The van der Waals surface area contributed by atoms with Gasteiger partial charge in [-0.3, -0.25) is 29.1 Å². The van der Waals surface area contributed by atoms with Crippen molar-refractivity contribution in [1.82, 2.24) is 9.44 Å². The molecule has 0 spiro atoms. The minimum atomic E-state index is -3.57. The molecule has 174 valence electrons. The normalized spacial score (nSPS) is 10.9. The Morgan fingerprint density at radius 1 is 0.812 bits per heavy atom. The number of rotatable bonds is 7. The fourth-order valence-electron chi connectivity index (χ4n) is 2.23. The zero-order chi connectivity index (χ0) is 24.5. The summed E-state index contributed by atoms with van der Waals surface area (Å²) < 4.78 is 46.7. The lowest BCUT2D eigenvalue weighted by Gasteiger charge is -2.02. The molecule has 4 N–H and O–H groups in total. The summed E-state index contributed by atoms with van der Waals surface area (Å²) in [4.78, 5) is 32.2. The highest BCUT2D eigenvalue weighted by Gasteiger charge is 2.11. The molecule has 0 aromatic heterocycles. The molecular weight excluding hydrogens is 464 g/mol. The second kappa shape index (κ2) is 11.2. The Kier molecular flexibility index (Phi) is 9.28. The van der Waals surface area contributed by atoms with Crippen molar-refractivity contribution in [3.8, 4) is 0 Å². The summed E-state index contributed by atoms with van der Waals surface area (Å²) in [5.74, 6) is -1.23. The summed E-state index contributed by atoms with van der Waals surface area (Å²) in [6, 6.07) is 12.0. The maximum atomic E-state index is 11.2. The second-order valence-corrected chi connectivity index (χ2v) is 10.1. The molecule has 2 rings (SSSR count). The third kappa shape index (κ3) is 11.6. The van der Waals surface area contributed by atoms with Crippen LogP contribution in [0, 0.1) is 10.1 Å². The number of nitrogens with one attached hydrogen (secondary N) is 2. The number of anilines is 1. The molecule has 12 nitrogen and oxygen atoms in total. The first-order valence-electron chi connectivity index (χ1n) is 8.73. The van der Waals surface area contributed by atoms with E-state index in [1.165, 1.54) is 24.3 Å².